The molecule has 1 amide bonds. The normalized spacial score (nSPS) is 19.7. The van der Waals surface area contributed by atoms with Gasteiger partial charge in [0.15, 0.2) is 23.0 Å². The topological polar surface area (TPSA) is 83.5 Å². The monoisotopic (exact) mass is 483 g/mol. The lowest BCUT2D eigenvalue weighted by Gasteiger charge is -2.26. The summed E-state index contributed by atoms with van der Waals surface area (Å²) in [5.41, 5.74) is 1.97. The van der Waals surface area contributed by atoms with E-state index in [2.05, 4.69) is 0 Å². The highest BCUT2D eigenvalue weighted by Crippen LogP contribution is 2.35. The molecule has 0 saturated carbocycles. The van der Waals surface area contributed by atoms with Gasteiger partial charge in [0.2, 0.25) is 0 Å². The Balaban J connectivity index is 1.45. The fourth-order valence-corrected chi connectivity index (χ4v) is 4.78. The van der Waals surface area contributed by atoms with Crippen LogP contribution in [0.1, 0.15) is 30.4 Å². The summed E-state index contributed by atoms with van der Waals surface area (Å²) < 4.78 is 27.3. The Morgan fingerprint density at radius 3 is 2.11 bits per heavy atom. The predicted molar refractivity (Wildman–Crippen MR) is 129 cm³/mol. The number of hydrogen-bond acceptors (Lipinski definition) is 7. The van der Waals surface area contributed by atoms with Gasteiger partial charge in [0.05, 0.1) is 33.9 Å². The molecule has 2 aromatic carbocycles. The van der Waals surface area contributed by atoms with Crippen LogP contribution in [0.25, 0.3) is 0 Å². The van der Waals surface area contributed by atoms with E-state index in [1.165, 1.54) is 0 Å². The summed E-state index contributed by atoms with van der Waals surface area (Å²) in [6, 6.07) is 11.2. The van der Waals surface area contributed by atoms with Crippen LogP contribution in [-0.4, -0.2) is 58.0 Å². The number of likely N-dealkylation sites (tertiary alicyclic amines) is 1. The standard InChI is InChI=1S/C27H33NO7/c1-31-22-9-7-18(15-24(22)32-2)13-20-17-34-26(29)21(20)14-19-8-10-23(25(16-19)33-3)35-27(30)28-11-5-4-6-12-28/h7-10,15-16,20-21H,4-6,11-14,17H2,1-3H3. The average molecular weight is 484 g/mol. The minimum atomic E-state index is -0.356. The van der Waals surface area contributed by atoms with Gasteiger partial charge < -0.3 is 28.6 Å². The fraction of sp³-hybridized carbons (Fsp3) is 0.481. The van der Waals surface area contributed by atoms with Crippen LogP contribution in [0.5, 0.6) is 23.0 Å². The van der Waals surface area contributed by atoms with E-state index in [-0.39, 0.29) is 23.9 Å². The highest BCUT2D eigenvalue weighted by molar-refractivity contribution is 5.75. The van der Waals surface area contributed by atoms with Crippen molar-refractivity contribution in [3.8, 4) is 23.0 Å². The van der Waals surface area contributed by atoms with Crippen LogP contribution in [0.15, 0.2) is 36.4 Å². The third kappa shape index (κ3) is 5.81. The zero-order valence-electron chi connectivity index (χ0n) is 20.6. The second-order valence-corrected chi connectivity index (χ2v) is 9.00. The summed E-state index contributed by atoms with van der Waals surface area (Å²) in [7, 11) is 4.75. The van der Waals surface area contributed by atoms with Crippen molar-refractivity contribution in [3.63, 3.8) is 0 Å². The lowest BCUT2D eigenvalue weighted by atomic mass is 9.85. The van der Waals surface area contributed by atoms with Gasteiger partial charge in [0.25, 0.3) is 0 Å². The first-order chi connectivity index (χ1) is 17.0. The van der Waals surface area contributed by atoms with E-state index in [1.54, 1.807) is 32.3 Å². The number of cyclic esters (lactones) is 1. The predicted octanol–water partition coefficient (Wildman–Crippen LogP) is 4.27. The summed E-state index contributed by atoms with van der Waals surface area (Å²) in [6.07, 6.45) is 3.95. The molecule has 2 aromatic rings. The maximum atomic E-state index is 12.6. The summed E-state index contributed by atoms with van der Waals surface area (Å²) >= 11 is 0. The van der Waals surface area contributed by atoms with Crippen LogP contribution in [0.4, 0.5) is 4.79 Å². The van der Waals surface area contributed by atoms with Gasteiger partial charge in [-0.2, -0.15) is 0 Å². The Hall–Kier alpha value is -3.42. The molecule has 0 bridgehead atoms. The van der Waals surface area contributed by atoms with E-state index < -0.39 is 0 Å². The Kier molecular flexibility index (Phi) is 8.00. The molecule has 0 aliphatic carbocycles. The first-order valence-electron chi connectivity index (χ1n) is 12.0. The molecule has 2 saturated heterocycles. The van der Waals surface area contributed by atoms with Crippen LogP contribution in [0.3, 0.4) is 0 Å². The molecule has 2 atom stereocenters. The Bertz CT molecular complexity index is 1050. The van der Waals surface area contributed by atoms with Crippen LogP contribution in [0, 0.1) is 11.8 Å². The Morgan fingerprint density at radius 1 is 0.857 bits per heavy atom. The third-order valence-corrected chi connectivity index (χ3v) is 6.75. The fourth-order valence-electron chi connectivity index (χ4n) is 4.78. The second-order valence-electron chi connectivity index (χ2n) is 9.00. The number of piperidine rings is 1. The summed E-state index contributed by atoms with van der Waals surface area (Å²) in [5, 5.41) is 0. The largest absolute Gasteiger partial charge is 0.493 e. The molecule has 0 spiro atoms. The first kappa shape index (κ1) is 24.7. The molecule has 2 fully saturated rings. The van der Waals surface area contributed by atoms with Crippen molar-refractivity contribution >= 4 is 12.1 Å². The number of benzene rings is 2. The van der Waals surface area contributed by atoms with Crippen molar-refractivity contribution in [1.29, 1.82) is 0 Å². The number of carbonyl (C=O) groups is 2. The second kappa shape index (κ2) is 11.3. The SMILES string of the molecule is COc1ccc(CC2COC(=O)C2Cc2ccc(OC(=O)N3CCCCC3)c(OC)c2)cc1OC. The summed E-state index contributed by atoms with van der Waals surface area (Å²) in [6.45, 7) is 1.80. The van der Waals surface area contributed by atoms with Crippen molar-refractivity contribution < 1.29 is 33.3 Å². The minimum absolute atomic E-state index is 0.0307. The van der Waals surface area contributed by atoms with Gasteiger partial charge in [-0.1, -0.05) is 12.1 Å². The van der Waals surface area contributed by atoms with Gasteiger partial charge in [-0.25, -0.2) is 4.79 Å². The van der Waals surface area contributed by atoms with Crippen molar-refractivity contribution in [2.45, 2.75) is 32.1 Å². The van der Waals surface area contributed by atoms with E-state index in [1.807, 2.05) is 30.3 Å². The molecule has 2 unspecified atom stereocenters. The molecule has 4 rings (SSSR count). The average Bonchev–Trinajstić information content (AvgIpc) is 3.23. The van der Waals surface area contributed by atoms with Crippen LogP contribution < -0.4 is 18.9 Å². The molecule has 0 N–H and O–H groups in total. The first-order valence-corrected chi connectivity index (χ1v) is 12.0. The van der Waals surface area contributed by atoms with Crippen LogP contribution >= 0.6 is 0 Å². The summed E-state index contributed by atoms with van der Waals surface area (Å²) in [4.78, 5) is 26.8. The zero-order valence-corrected chi connectivity index (χ0v) is 20.6. The van der Waals surface area contributed by atoms with Gasteiger partial charge >= 0.3 is 12.1 Å². The van der Waals surface area contributed by atoms with Crippen molar-refractivity contribution in [3.05, 3.63) is 47.5 Å². The molecule has 8 heteroatoms. The summed E-state index contributed by atoms with van der Waals surface area (Å²) in [5.74, 6) is 1.72. The number of carbonyl (C=O) groups excluding carboxylic acids is 2. The highest BCUT2D eigenvalue weighted by atomic mass is 16.6. The van der Waals surface area contributed by atoms with E-state index >= 15 is 0 Å². The van der Waals surface area contributed by atoms with Crippen molar-refractivity contribution in [2.24, 2.45) is 11.8 Å². The van der Waals surface area contributed by atoms with E-state index in [0.29, 0.717) is 55.5 Å². The molecular weight excluding hydrogens is 450 g/mol. The smallest absolute Gasteiger partial charge is 0.415 e. The molecule has 2 aliphatic heterocycles. The molecule has 8 nitrogen and oxygen atoms in total. The third-order valence-electron chi connectivity index (χ3n) is 6.75. The lowest BCUT2D eigenvalue weighted by molar-refractivity contribution is -0.141. The van der Waals surface area contributed by atoms with Crippen LogP contribution in [-0.2, 0) is 22.4 Å². The maximum absolute atomic E-state index is 12.6. The zero-order chi connectivity index (χ0) is 24.8. The Labute approximate surface area is 206 Å². The molecule has 188 valence electrons. The number of hydrogen-bond donors (Lipinski definition) is 0. The highest BCUT2D eigenvalue weighted by Gasteiger charge is 2.37. The number of rotatable bonds is 8. The molecule has 35 heavy (non-hydrogen) atoms. The van der Waals surface area contributed by atoms with Gasteiger partial charge in [0, 0.05) is 19.0 Å². The molecule has 2 aliphatic rings. The maximum Gasteiger partial charge on any atom is 0.415 e. The minimum Gasteiger partial charge on any atom is -0.493 e. The van der Waals surface area contributed by atoms with Crippen LogP contribution in [0.2, 0.25) is 0 Å². The van der Waals surface area contributed by atoms with Gasteiger partial charge in [-0.05, 0) is 67.5 Å². The van der Waals surface area contributed by atoms with Gasteiger partial charge in [0.1, 0.15) is 0 Å². The lowest BCUT2D eigenvalue weighted by Crippen LogP contribution is -2.37. The number of ether oxygens (including phenoxy) is 5. The van der Waals surface area contributed by atoms with E-state index in [0.717, 1.165) is 30.4 Å². The van der Waals surface area contributed by atoms with Gasteiger partial charge in [-0.15, -0.1) is 0 Å². The number of esters is 1. The molecule has 0 aromatic heterocycles. The molecule has 2 heterocycles. The quantitative estimate of drug-likeness (QED) is 0.519. The van der Waals surface area contributed by atoms with E-state index in [4.69, 9.17) is 23.7 Å². The number of nitrogens with zero attached hydrogens (tertiary/aromatic N) is 1. The van der Waals surface area contributed by atoms with Crippen molar-refractivity contribution in [2.75, 3.05) is 41.0 Å². The molecular formula is C27H33NO7. The Morgan fingerprint density at radius 2 is 1.46 bits per heavy atom. The van der Waals surface area contributed by atoms with E-state index in [9.17, 15) is 9.59 Å². The number of amides is 1. The van der Waals surface area contributed by atoms with Gasteiger partial charge in [-0.3, -0.25) is 4.79 Å². The molecule has 0 radical (unpaired) electrons. The number of methoxy groups -OCH3 is 3. The van der Waals surface area contributed by atoms with Crippen molar-refractivity contribution in [1.82, 2.24) is 4.90 Å².